The lowest BCUT2D eigenvalue weighted by atomic mass is 10.2. The Labute approximate surface area is 137 Å². The molecule has 0 radical (unpaired) electrons. The molecule has 0 aliphatic carbocycles. The van der Waals surface area contributed by atoms with Gasteiger partial charge in [0.1, 0.15) is 5.03 Å². The van der Waals surface area contributed by atoms with Crippen molar-refractivity contribution in [3.63, 3.8) is 0 Å². The maximum absolute atomic E-state index is 12.3. The van der Waals surface area contributed by atoms with Crippen molar-refractivity contribution in [2.75, 3.05) is 6.26 Å². The molecule has 0 atom stereocenters. The van der Waals surface area contributed by atoms with Crippen molar-refractivity contribution in [3.8, 4) is 0 Å². The second-order valence-electron chi connectivity index (χ2n) is 4.75. The third-order valence-corrected chi connectivity index (χ3v) is 4.02. The molecular formula is C15H16N4O3S. The highest BCUT2D eigenvalue weighted by Crippen LogP contribution is 2.22. The quantitative estimate of drug-likeness (QED) is 0.516. The number of hydrogen-bond acceptors (Lipinski definition) is 5. The smallest absolute Gasteiger partial charge is 0.270 e. The van der Waals surface area contributed by atoms with Crippen molar-refractivity contribution in [3.05, 3.63) is 57.4 Å². The number of thioether (sulfide) groups is 1. The van der Waals surface area contributed by atoms with Crippen LogP contribution in [-0.2, 0) is 7.05 Å². The SMILES string of the molecule is CSc1c(C(=O)NC=Cc2cccc([N+](=O)[O-])c2)c(C)nn1C. The topological polar surface area (TPSA) is 90.1 Å². The van der Waals surface area contributed by atoms with E-state index >= 15 is 0 Å². The van der Waals surface area contributed by atoms with E-state index in [9.17, 15) is 14.9 Å². The van der Waals surface area contributed by atoms with Crippen LogP contribution in [0.4, 0.5) is 5.69 Å². The number of aryl methyl sites for hydroxylation is 2. The van der Waals surface area contributed by atoms with Crippen molar-refractivity contribution in [1.29, 1.82) is 0 Å². The third kappa shape index (κ3) is 3.78. The van der Waals surface area contributed by atoms with Gasteiger partial charge in [-0.3, -0.25) is 19.6 Å². The van der Waals surface area contributed by atoms with Crippen LogP contribution in [-0.4, -0.2) is 26.9 Å². The van der Waals surface area contributed by atoms with E-state index < -0.39 is 4.92 Å². The van der Waals surface area contributed by atoms with E-state index in [1.807, 2.05) is 6.26 Å². The number of nitrogens with one attached hydrogen (secondary N) is 1. The second kappa shape index (κ2) is 7.10. The van der Waals surface area contributed by atoms with Gasteiger partial charge in [-0.1, -0.05) is 12.1 Å². The largest absolute Gasteiger partial charge is 0.328 e. The molecule has 1 N–H and O–H groups in total. The van der Waals surface area contributed by atoms with Gasteiger partial charge in [-0.2, -0.15) is 5.10 Å². The molecule has 0 fully saturated rings. The van der Waals surface area contributed by atoms with Gasteiger partial charge in [0, 0.05) is 25.4 Å². The zero-order chi connectivity index (χ0) is 17.0. The number of nitro benzene ring substituents is 1. The van der Waals surface area contributed by atoms with Crippen LogP contribution in [0.2, 0.25) is 0 Å². The van der Waals surface area contributed by atoms with Crippen LogP contribution in [0.5, 0.6) is 0 Å². The van der Waals surface area contributed by atoms with Crippen molar-refractivity contribution in [1.82, 2.24) is 15.1 Å². The Morgan fingerprint density at radius 3 is 2.87 bits per heavy atom. The summed E-state index contributed by atoms with van der Waals surface area (Å²) in [5.74, 6) is -0.262. The van der Waals surface area contributed by atoms with Crippen molar-refractivity contribution in [2.45, 2.75) is 11.9 Å². The van der Waals surface area contributed by atoms with Crippen LogP contribution in [0.25, 0.3) is 6.08 Å². The van der Waals surface area contributed by atoms with Gasteiger partial charge in [0.2, 0.25) is 0 Å². The standard InChI is InChI=1S/C15H16N4O3S/c1-10-13(15(23-3)18(2)17-10)14(20)16-8-7-11-5-4-6-12(9-11)19(21)22/h4-9H,1-3H3,(H,16,20). The van der Waals surface area contributed by atoms with Crippen molar-refractivity contribution >= 4 is 29.4 Å². The monoisotopic (exact) mass is 332 g/mol. The number of carbonyl (C=O) groups is 1. The van der Waals surface area contributed by atoms with Gasteiger partial charge in [-0.15, -0.1) is 11.8 Å². The first kappa shape index (κ1) is 16.8. The Morgan fingerprint density at radius 2 is 2.22 bits per heavy atom. The Bertz CT molecular complexity index is 783. The van der Waals surface area contributed by atoms with Gasteiger partial charge < -0.3 is 5.32 Å². The lowest BCUT2D eigenvalue weighted by molar-refractivity contribution is -0.384. The Morgan fingerprint density at radius 1 is 1.48 bits per heavy atom. The van der Waals surface area contributed by atoms with Gasteiger partial charge in [0.05, 0.1) is 16.2 Å². The van der Waals surface area contributed by atoms with Crippen LogP contribution in [0.1, 0.15) is 21.6 Å². The average Bonchev–Trinajstić information content (AvgIpc) is 2.81. The van der Waals surface area contributed by atoms with E-state index in [1.54, 1.807) is 36.9 Å². The highest BCUT2D eigenvalue weighted by Gasteiger charge is 2.18. The first-order valence-corrected chi connectivity index (χ1v) is 7.96. The number of nitrogens with zero attached hydrogens (tertiary/aromatic N) is 3. The summed E-state index contributed by atoms with van der Waals surface area (Å²) in [6.45, 7) is 1.78. The lowest BCUT2D eigenvalue weighted by Crippen LogP contribution is -2.18. The van der Waals surface area contributed by atoms with E-state index in [-0.39, 0.29) is 11.6 Å². The Kier molecular flexibility index (Phi) is 5.17. The predicted octanol–water partition coefficient (Wildman–Crippen LogP) is 2.76. The summed E-state index contributed by atoms with van der Waals surface area (Å²) >= 11 is 1.45. The van der Waals surface area contributed by atoms with E-state index in [4.69, 9.17) is 0 Å². The van der Waals surface area contributed by atoms with Crippen LogP contribution in [0.15, 0.2) is 35.5 Å². The molecule has 0 aliphatic rings. The fourth-order valence-corrected chi connectivity index (χ4v) is 2.91. The highest BCUT2D eigenvalue weighted by molar-refractivity contribution is 7.98. The molecule has 0 bridgehead atoms. The maximum Gasteiger partial charge on any atom is 0.270 e. The second-order valence-corrected chi connectivity index (χ2v) is 5.55. The van der Waals surface area contributed by atoms with E-state index in [0.717, 1.165) is 5.03 Å². The van der Waals surface area contributed by atoms with Gasteiger partial charge >= 0.3 is 0 Å². The summed E-state index contributed by atoms with van der Waals surface area (Å²) in [4.78, 5) is 22.6. The minimum atomic E-state index is -0.459. The lowest BCUT2D eigenvalue weighted by Gasteiger charge is -2.02. The molecule has 0 saturated carbocycles. The molecular weight excluding hydrogens is 316 g/mol. The zero-order valence-electron chi connectivity index (χ0n) is 12.9. The van der Waals surface area contributed by atoms with E-state index in [1.165, 1.54) is 30.1 Å². The van der Waals surface area contributed by atoms with Gasteiger partial charge in [-0.25, -0.2) is 0 Å². The summed E-state index contributed by atoms with van der Waals surface area (Å²) < 4.78 is 1.67. The average molecular weight is 332 g/mol. The Balaban J connectivity index is 2.13. The number of non-ortho nitro benzene ring substituents is 1. The summed E-state index contributed by atoms with van der Waals surface area (Å²) in [7, 11) is 1.79. The Hall–Kier alpha value is -2.61. The van der Waals surface area contributed by atoms with Gasteiger partial charge in [0.25, 0.3) is 11.6 Å². The number of benzene rings is 1. The summed E-state index contributed by atoms with van der Waals surface area (Å²) in [6.07, 6.45) is 4.96. The van der Waals surface area contributed by atoms with Crippen LogP contribution in [0.3, 0.4) is 0 Å². The first-order chi connectivity index (χ1) is 10.9. The molecule has 2 rings (SSSR count). The molecule has 0 saturated heterocycles. The normalized spacial score (nSPS) is 10.9. The minimum Gasteiger partial charge on any atom is -0.328 e. The fraction of sp³-hybridized carbons (Fsp3) is 0.200. The molecule has 1 aromatic heterocycles. The molecule has 8 heteroatoms. The molecule has 1 aromatic carbocycles. The number of carbonyl (C=O) groups excluding carboxylic acids is 1. The fourth-order valence-electron chi connectivity index (χ4n) is 2.16. The number of rotatable bonds is 5. The van der Waals surface area contributed by atoms with Crippen LogP contribution < -0.4 is 5.32 Å². The molecule has 0 aliphatic heterocycles. The molecule has 0 unspecified atom stereocenters. The summed E-state index contributed by atoms with van der Waals surface area (Å²) in [5, 5.41) is 18.4. The minimum absolute atomic E-state index is 0.00579. The summed E-state index contributed by atoms with van der Waals surface area (Å²) in [5.41, 5.74) is 1.82. The molecule has 1 amide bonds. The zero-order valence-corrected chi connectivity index (χ0v) is 13.8. The molecule has 120 valence electrons. The summed E-state index contributed by atoms with van der Waals surface area (Å²) in [6, 6.07) is 6.17. The molecule has 0 spiro atoms. The van der Waals surface area contributed by atoms with E-state index in [2.05, 4.69) is 10.4 Å². The predicted molar refractivity (Wildman–Crippen MR) is 89.3 cm³/mol. The molecule has 23 heavy (non-hydrogen) atoms. The molecule has 7 nitrogen and oxygen atoms in total. The number of aromatic nitrogens is 2. The molecule has 1 heterocycles. The highest BCUT2D eigenvalue weighted by atomic mass is 32.2. The maximum atomic E-state index is 12.3. The number of amides is 1. The molecule has 2 aromatic rings. The number of hydrogen-bond donors (Lipinski definition) is 1. The van der Waals surface area contributed by atoms with Crippen LogP contribution in [0, 0.1) is 17.0 Å². The van der Waals surface area contributed by atoms with Crippen molar-refractivity contribution in [2.24, 2.45) is 7.05 Å². The van der Waals surface area contributed by atoms with Gasteiger partial charge in [0.15, 0.2) is 0 Å². The van der Waals surface area contributed by atoms with Gasteiger partial charge in [-0.05, 0) is 24.8 Å². The first-order valence-electron chi connectivity index (χ1n) is 6.73. The number of nitro groups is 1. The van der Waals surface area contributed by atoms with E-state index in [0.29, 0.717) is 16.8 Å². The van der Waals surface area contributed by atoms with Crippen molar-refractivity contribution < 1.29 is 9.72 Å². The third-order valence-electron chi connectivity index (χ3n) is 3.16. The van der Waals surface area contributed by atoms with Crippen LogP contribution >= 0.6 is 11.8 Å².